The van der Waals surface area contributed by atoms with E-state index in [2.05, 4.69) is 0 Å². The monoisotopic (exact) mass is 363 g/mol. The fraction of sp³-hybridized carbons (Fsp3) is 0. The average molecular weight is 364 g/mol. The number of benzene rings is 2. The molecule has 0 atom stereocenters. The van der Waals surface area contributed by atoms with E-state index >= 15 is 0 Å². The first-order valence-corrected chi connectivity index (χ1v) is 4.21. The van der Waals surface area contributed by atoms with Gasteiger partial charge in [0, 0.05) is 27.3 Å². The van der Waals surface area contributed by atoms with Crippen LogP contribution in [0.15, 0.2) is 54.6 Å². The molecule has 0 heterocycles. The molecule has 124 valence electrons. The zero-order valence-electron chi connectivity index (χ0n) is 13.4. The van der Waals surface area contributed by atoms with Gasteiger partial charge in [-0.3, -0.25) is 0 Å². The molecule has 0 spiro atoms. The van der Waals surface area contributed by atoms with Crippen molar-refractivity contribution in [2.45, 2.75) is 0 Å². The van der Waals surface area contributed by atoms with Gasteiger partial charge >= 0.3 is 0 Å². The van der Waals surface area contributed by atoms with E-state index in [9.17, 15) is 5.11 Å². The molecule has 4 heteroatoms. The number of hydrogen-bond donors (Lipinski definition) is 1. The summed E-state index contributed by atoms with van der Waals surface area (Å²) in [6.07, 6.45) is 0. The van der Waals surface area contributed by atoms with Crippen LogP contribution in [0.1, 0.15) is 0 Å². The molecule has 0 fully saturated rings. The molecule has 0 aliphatic carbocycles. The van der Waals surface area contributed by atoms with E-state index < -0.39 is 0 Å². The van der Waals surface area contributed by atoms with E-state index in [1.807, 2.05) is 48.5 Å². The predicted molar refractivity (Wildman–Crippen MR) is 85.6 cm³/mol. The van der Waals surface area contributed by atoms with E-state index in [1.54, 1.807) is 6.07 Å². The maximum Gasteiger partial charge on any atom is 0.123 e. The molecule has 0 unspecified atom stereocenters. The Hall–Kier alpha value is -0.466. The van der Waals surface area contributed by atoms with Gasteiger partial charge in [-0.25, -0.2) is 0 Å². The number of para-hydroxylation sites is 1. The summed E-state index contributed by atoms with van der Waals surface area (Å²) in [6.45, 7) is 0. The summed E-state index contributed by atoms with van der Waals surface area (Å²) in [5, 5.41) is 9.56. The molecule has 0 aliphatic heterocycles. The molecule has 2 rings (SSSR count). The summed E-state index contributed by atoms with van der Waals surface area (Å²) in [6, 6.07) is 17.2. The van der Waals surface area contributed by atoms with Gasteiger partial charge in [0.05, 0.1) is 0 Å². The summed E-state index contributed by atoms with van der Waals surface area (Å²) in [4.78, 5) is 0. The molecular weight excluding hydrogens is 339 g/mol. The molecule has 21 heavy (non-hydrogen) atoms. The molecule has 2 aromatic rings. The molecule has 0 amide bonds. The van der Waals surface area contributed by atoms with Crippen LogP contribution in [0, 0.1) is 37.1 Å². The summed E-state index contributed by atoms with van der Waals surface area (Å²) in [7, 11) is 0. The molecule has 0 saturated carbocycles. The van der Waals surface area contributed by atoms with Crippen LogP contribution in [-0.2, 0) is 21.7 Å². The minimum Gasteiger partial charge on any atom is -1.00 e. The Labute approximate surface area is 159 Å². The SMILES string of the molecule is Oc1ccccc1-c1ccccc1.[CH3-].[CH3-].[CH3-].[CH3-].[CH3-].[Cl-].[Cl-].[Ti]. The van der Waals surface area contributed by atoms with Crippen molar-refractivity contribution in [3.05, 3.63) is 91.7 Å². The molecule has 0 aromatic heterocycles. The molecular formula is C17H25Cl2OTi-7. The third-order valence-corrected chi connectivity index (χ3v) is 1.99. The van der Waals surface area contributed by atoms with Gasteiger partial charge < -0.3 is 67.1 Å². The van der Waals surface area contributed by atoms with Gasteiger partial charge in [0.15, 0.2) is 0 Å². The smallest absolute Gasteiger partial charge is 0.123 e. The largest absolute Gasteiger partial charge is 1.00 e. The quantitative estimate of drug-likeness (QED) is 0.525. The van der Waals surface area contributed by atoms with Gasteiger partial charge in [0.2, 0.25) is 0 Å². The van der Waals surface area contributed by atoms with E-state index in [1.165, 1.54) is 0 Å². The Morgan fingerprint density at radius 3 is 1.38 bits per heavy atom. The topological polar surface area (TPSA) is 20.2 Å². The van der Waals surface area contributed by atoms with Gasteiger partial charge in [0.1, 0.15) is 5.75 Å². The van der Waals surface area contributed by atoms with Crippen LogP contribution in [0.4, 0.5) is 0 Å². The van der Waals surface area contributed by atoms with Crippen LogP contribution in [0.3, 0.4) is 0 Å². The van der Waals surface area contributed by atoms with Crippen LogP contribution in [0.2, 0.25) is 0 Å². The summed E-state index contributed by atoms with van der Waals surface area (Å²) in [5.41, 5.74) is 1.92. The van der Waals surface area contributed by atoms with Crippen molar-refractivity contribution < 1.29 is 51.6 Å². The van der Waals surface area contributed by atoms with E-state index in [0.29, 0.717) is 5.75 Å². The summed E-state index contributed by atoms with van der Waals surface area (Å²) in [5.74, 6) is 0.328. The minimum atomic E-state index is 0. The molecule has 2 aromatic carbocycles. The first kappa shape index (κ1) is 42.8. The minimum absolute atomic E-state index is 0. The number of hydrogen-bond acceptors (Lipinski definition) is 1. The Morgan fingerprint density at radius 2 is 0.952 bits per heavy atom. The number of phenols is 1. The fourth-order valence-corrected chi connectivity index (χ4v) is 1.34. The maximum absolute atomic E-state index is 9.56. The normalized spacial score (nSPS) is 6.10. The van der Waals surface area contributed by atoms with Crippen molar-refractivity contribution in [1.82, 2.24) is 0 Å². The summed E-state index contributed by atoms with van der Waals surface area (Å²) < 4.78 is 0. The van der Waals surface area contributed by atoms with Crippen molar-refractivity contribution in [2.24, 2.45) is 0 Å². The van der Waals surface area contributed by atoms with Crippen LogP contribution >= 0.6 is 0 Å². The van der Waals surface area contributed by atoms with Crippen molar-refractivity contribution in [2.75, 3.05) is 0 Å². The van der Waals surface area contributed by atoms with Crippen LogP contribution in [0.25, 0.3) is 11.1 Å². The van der Waals surface area contributed by atoms with E-state index in [0.717, 1.165) is 11.1 Å². The molecule has 0 radical (unpaired) electrons. The van der Waals surface area contributed by atoms with Gasteiger partial charge in [-0.05, 0) is 11.6 Å². The molecule has 0 aliphatic rings. The van der Waals surface area contributed by atoms with Crippen molar-refractivity contribution in [1.29, 1.82) is 0 Å². The zero-order valence-corrected chi connectivity index (χ0v) is 16.5. The van der Waals surface area contributed by atoms with Crippen LogP contribution < -0.4 is 24.8 Å². The standard InChI is InChI=1S/C12H10O.5CH3.2ClH.Ti/c13-12-9-5-4-8-11(12)10-6-2-1-3-7-10;;;;;;;;/h1-9,13H;5*1H3;2*1H;/q;5*-1;;;/p-2. The van der Waals surface area contributed by atoms with Crippen LogP contribution in [-0.4, -0.2) is 5.11 Å². The first-order chi connectivity index (χ1) is 6.38. The fourth-order valence-electron chi connectivity index (χ4n) is 1.34. The molecule has 0 saturated heterocycles. The Kier molecular flexibility index (Phi) is 44.5. The van der Waals surface area contributed by atoms with Gasteiger partial charge in [-0.2, -0.15) is 0 Å². The number of aromatic hydroxyl groups is 1. The van der Waals surface area contributed by atoms with Crippen molar-refractivity contribution in [3.8, 4) is 16.9 Å². The van der Waals surface area contributed by atoms with Gasteiger partial charge in [-0.1, -0.05) is 48.5 Å². The predicted octanol–water partition coefficient (Wildman–Crippen LogP) is -0.684. The third-order valence-electron chi connectivity index (χ3n) is 1.99. The Morgan fingerprint density at radius 1 is 0.571 bits per heavy atom. The van der Waals surface area contributed by atoms with Crippen molar-refractivity contribution in [3.63, 3.8) is 0 Å². The third kappa shape index (κ3) is 11.8. The Bertz CT molecular complexity index is 409. The second-order valence-corrected chi connectivity index (χ2v) is 2.88. The van der Waals surface area contributed by atoms with E-state index in [4.69, 9.17) is 0 Å². The Balaban J connectivity index is -0.0000000490. The van der Waals surface area contributed by atoms with E-state index in [-0.39, 0.29) is 83.7 Å². The first-order valence-electron chi connectivity index (χ1n) is 4.21. The molecule has 1 nitrogen and oxygen atoms in total. The van der Waals surface area contributed by atoms with Crippen LogP contribution in [0.5, 0.6) is 5.75 Å². The molecule has 0 bridgehead atoms. The summed E-state index contributed by atoms with van der Waals surface area (Å²) >= 11 is 0. The maximum atomic E-state index is 9.56. The zero-order chi connectivity index (χ0) is 9.10. The average Bonchev–Trinajstić information content (AvgIpc) is 2.20. The number of phenolic OH excluding ortho intramolecular Hbond substituents is 1. The molecule has 1 N–H and O–H groups in total. The second-order valence-electron chi connectivity index (χ2n) is 2.88. The van der Waals surface area contributed by atoms with Crippen molar-refractivity contribution >= 4 is 0 Å². The van der Waals surface area contributed by atoms with Gasteiger partial charge in [-0.15, -0.1) is 0 Å². The number of rotatable bonds is 1. The van der Waals surface area contributed by atoms with Gasteiger partial charge in [0.25, 0.3) is 0 Å². The second kappa shape index (κ2) is 21.8. The number of halogens is 2.